The summed E-state index contributed by atoms with van der Waals surface area (Å²) in [6, 6.07) is 5.15. The predicted molar refractivity (Wildman–Crippen MR) is 126 cm³/mol. The van der Waals surface area contributed by atoms with Crippen molar-refractivity contribution >= 4 is 29.8 Å². The van der Waals surface area contributed by atoms with E-state index in [9.17, 15) is 23.1 Å². The van der Waals surface area contributed by atoms with Crippen molar-refractivity contribution in [3.05, 3.63) is 35.4 Å². The molecule has 3 aliphatic heterocycles. The fourth-order valence-corrected chi connectivity index (χ4v) is 5.09. The van der Waals surface area contributed by atoms with Gasteiger partial charge in [0.05, 0.1) is 12.9 Å². The van der Waals surface area contributed by atoms with Crippen molar-refractivity contribution in [1.82, 2.24) is 15.3 Å². The molecule has 192 valence electrons. The number of rotatable bonds is 5. The van der Waals surface area contributed by atoms with Gasteiger partial charge in [0.2, 0.25) is 17.9 Å². The number of hydrogen-bond acceptors (Lipinski definition) is 9. The van der Waals surface area contributed by atoms with Crippen molar-refractivity contribution in [2.75, 3.05) is 35.6 Å². The molecule has 1 aromatic carbocycles. The second-order valence-corrected chi connectivity index (χ2v) is 9.46. The van der Waals surface area contributed by atoms with Gasteiger partial charge in [0.25, 0.3) is 0 Å². The number of aliphatic carboxylic acids is 1. The normalized spacial score (nSPS) is 21.6. The maximum atomic E-state index is 14.0. The zero-order valence-corrected chi connectivity index (χ0v) is 19.3. The predicted octanol–water partition coefficient (Wildman–Crippen LogP) is 2.73. The molecule has 2 atom stereocenters. The molecule has 0 radical (unpaired) electrons. The fourth-order valence-electron chi connectivity index (χ4n) is 5.09. The van der Waals surface area contributed by atoms with Crippen molar-refractivity contribution in [2.24, 2.45) is 10.4 Å². The van der Waals surface area contributed by atoms with E-state index in [1.54, 1.807) is 6.07 Å². The van der Waals surface area contributed by atoms with Crippen molar-refractivity contribution in [3.8, 4) is 5.88 Å². The number of piperidine rings is 1. The maximum Gasteiger partial charge on any atom is 0.429 e. The molecule has 13 heteroatoms. The number of anilines is 3. The molecule has 0 aliphatic carbocycles. The molecule has 3 aliphatic rings. The summed E-state index contributed by atoms with van der Waals surface area (Å²) in [6.45, 7) is 2.01. The zero-order valence-electron chi connectivity index (χ0n) is 19.3. The van der Waals surface area contributed by atoms with E-state index < -0.39 is 24.3 Å². The van der Waals surface area contributed by atoms with Crippen molar-refractivity contribution in [1.29, 1.82) is 0 Å². The monoisotopic (exact) mass is 505 g/mol. The number of halogens is 3. The lowest BCUT2D eigenvalue weighted by Gasteiger charge is -2.39. The lowest BCUT2D eigenvalue weighted by Crippen LogP contribution is -2.41. The van der Waals surface area contributed by atoms with E-state index in [1.807, 2.05) is 4.90 Å². The van der Waals surface area contributed by atoms with Gasteiger partial charge in [-0.05, 0) is 42.4 Å². The molecule has 2 fully saturated rings. The van der Waals surface area contributed by atoms with Gasteiger partial charge in [-0.15, -0.1) is 0 Å². The van der Waals surface area contributed by atoms with Crippen LogP contribution in [0.15, 0.2) is 29.3 Å². The minimum atomic E-state index is -4.70. The van der Waals surface area contributed by atoms with Crippen LogP contribution in [0.3, 0.4) is 0 Å². The van der Waals surface area contributed by atoms with Crippen LogP contribution in [0.5, 0.6) is 5.88 Å². The summed E-state index contributed by atoms with van der Waals surface area (Å²) < 4.78 is 47.5. The first-order chi connectivity index (χ1) is 17.1. The number of ether oxygens (including phenoxy) is 1. The highest BCUT2D eigenvalue weighted by atomic mass is 19.4. The van der Waals surface area contributed by atoms with Crippen LogP contribution in [0.1, 0.15) is 36.5 Å². The number of carboxylic acids is 1. The molecule has 2 aromatic rings. The molecule has 5 rings (SSSR count). The molecule has 5 N–H and O–H groups in total. The van der Waals surface area contributed by atoms with Crippen LogP contribution in [-0.4, -0.2) is 59.2 Å². The molecule has 10 nitrogen and oxygen atoms in total. The third-order valence-electron chi connectivity index (χ3n) is 7.05. The largest absolute Gasteiger partial charge is 0.480 e. The topological polar surface area (TPSA) is 138 Å². The number of alkyl halides is 3. The first kappa shape index (κ1) is 24.1. The minimum Gasteiger partial charge on any atom is -0.480 e. The Morgan fingerprint density at radius 1 is 1.25 bits per heavy atom. The Labute approximate surface area is 204 Å². The standard InChI is InChI=1S/C23H26F3N7O3/c24-23(25,26)19(13-1-2-15-14(7-13)10-28-12-30-15)36-18-8-17(31-21(27)32-18)33-5-3-22(4-6-33)9-16(20(34)35)29-11-22/h1-2,7-8,12,16,19,29H,3-6,9-11H2,(H,28,30)(H,34,35)(H2,27,31,32)/t16-,19?/m0/s1. The van der Waals surface area contributed by atoms with Gasteiger partial charge in [0.15, 0.2) is 0 Å². The Balaban J connectivity index is 1.33. The van der Waals surface area contributed by atoms with Crippen LogP contribution in [-0.2, 0) is 11.3 Å². The van der Waals surface area contributed by atoms with Gasteiger partial charge >= 0.3 is 12.1 Å². The number of nitrogen functional groups attached to an aromatic ring is 1. The van der Waals surface area contributed by atoms with Crippen LogP contribution in [0.25, 0.3) is 0 Å². The summed E-state index contributed by atoms with van der Waals surface area (Å²) in [5.41, 5.74) is 6.97. The molecular formula is C23H26F3N7O3. The van der Waals surface area contributed by atoms with E-state index in [0.717, 1.165) is 12.8 Å². The zero-order chi connectivity index (χ0) is 25.5. The molecule has 2 saturated heterocycles. The lowest BCUT2D eigenvalue weighted by atomic mass is 9.76. The molecule has 1 aromatic heterocycles. The average Bonchev–Trinajstić information content (AvgIpc) is 3.25. The summed E-state index contributed by atoms with van der Waals surface area (Å²) in [5, 5.41) is 15.2. The smallest absolute Gasteiger partial charge is 0.429 e. The van der Waals surface area contributed by atoms with Crippen molar-refractivity contribution in [3.63, 3.8) is 0 Å². The number of nitrogens with one attached hydrogen (secondary N) is 2. The highest BCUT2D eigenvalue weighted by Crippen LogP contribution is 2.41. The average molecular weight is 506 g/mol. The maximum absolute atomic E-state index is 14.0. The highest BCUT2D eigenvalue weighted by molar-refractivity contribution is 5.79. The summed E-state index contributed by atoms with van der Waals surface area (Å²) >= 11 is 0. The van der Waals surface area contributed by atoms with E-state index in [0.29, 0.717) is 43.1 Å². The minimum absolute atomic E-state index is 0.0690. The van der Waals surface area contributed by atoms with Crippen LogP contribution < -0.4 is 26.0 Å². The van der Waals surface area contributed by atoms with E-state index in [4.69, 9.17) is 10.5 Å². The Kier molecular flexibility index (Phi) is 6.10. The van der Waals surface area contributed by atoms with Gasteiger partial charge < -0.3 is 31.1 Å². The molecule has 0 bridgehead atoms. The number of hydrogen-bond donors (Lipinski definition) is 4. The molecule has 36 heavy (non-hydrogen) atoms. The van der Waals surface area contributed by atoms with Gasteiger partial charge in [0, 0.05) is 37.0 Å². The first-order valence-electron chi connectivity index (χ1n) is 11.6. The Hall–Kier alpha value is -3.61. The molecule has 1 unspecified atom stereocenters. The summed E-state index contributed by atoms with van der Waals surface area (Å²) in [5.74, 6) is -0.955. The van der Waals surface area contributed by atoms with Crippen LogP contribution in [0, 0.1) is 5.41 Å². The number of nitrogens with two attached hydrogens (primary N) is 1. The van der Waals surface area contributed by atoms with E-state index in [2.05, 4.69) is 25.6 Å². The number of carboxylic acid groups (broad SMARTS) is 1. The number of aromatic nitrogens is 2. The quantitative estimate of drug-likeness (QED) is 0.483. The third kappa shape index (κ3) is 4.87. The van der Waals surface area contributed by atoms with Crippen molar-refractivity contribution in [2.45, 2.75) is 44.1 Å². The molecule has 4 heterocycles. The Morgan fingerprint density at radius 2 is 2.03 bits per heavy atom. The van der Waals surface area contributed by atoms with Gasteiger partial charge in [0.1, 0.15) is 11.9 Å². The molecule has 0 amide bonds. The molecule has 0 saturated carbocycles. The van der Waals surface area contributed by atoms with Crippen LogP contribution in [0.2, 0.25) is 0 Å². The second kappa shape index (κ2) is 9.12. The van der Waals surface area contributed by atoms with E-state index in [1.165, 1.54) is 24.5 Å². The second-order valence-electron chi connectivity index (χ2n) is 9.46. The molecule has 1 spiro atoms. The fraction of sp³-hybridized carbons (Fsp3) is 0.478. The van der Waals surface area contributed by atoms with Gasteiger partial charge in [-0.25, -0.2) is 0 Å². The van der Waals surface area contributed by atoms with Gasteiger partial charge in [-0.1, -0.05) is 6.07 Å². The van der Waals surface area contributed by atoms with E-state index in [-0.39, 0.29) is 29.4 Å². The first-order valence-corrected chi connectivity index (χ1v) is 11.6. The van der Waals surface area contributed by atoms with Crippen LogP contribution in [0.4, 0.5) is 30.6 Å². The number of carbonyl (C=O) groups is 1. The number of nitrogens with zero attached hydrogens (tertiary/aromatic N) is 4. The Bertz CT molecular complexity index is 1180. The van der Waals surface area contributed by atoms with Gasteiger partial charge in [-0.2, -0.15) is 23.1 Å². The third-order valence-corrected chi connectivity index (χ3v) is 7.05. The Morgan fingerprint density at radius 3 is 2.72 bits per heavy atom. The van der Waals surface area contributed by atoms with Crippen LogP contribution >= 0.6 is 0 Å². The number of benzene rings is 1. The van der Waals surface area contributed by atoms with Gasteiger partial charge in [-0.3, -0.25) is 9.79 Å². The van der Waals surface area contributed by atoms with Crippen molar-refractivity contribution < 1.29 is 27.8 Å². The number of fused-ring (bicyclic) bond motifs is 1. The SMILES string of the molecule is Nc1nc(OC(c2ccc3c(c2)CN=CN3)C(F)(F)F)cc(N2CCC3(CC2)CN[C@H](C(=O)O)C3)n1. The lowest BCUT2D eigenvalue weighted by molar-refractivity contribution is -0.198. The van der Waals surface area contributed by atoms with E-state index >= 15 is 0 Å². The highest BCUT2D eigenvalue weighted by Gasteiger charge is 2.45. The summed E-state index contributed by atoms with van der Waals surface area (Å²) in [4.78, 5) is 25.4. The summed E-state index contributed by atoms with van der Waals surface area (Å²) in [7, 11) is 0. The molecular weight excluding hydrogens is 479 g/mol. The number of aliphatic imine (C=N–C) groups is 1. The summed E-state index contributed by atoms with van der Waals surface area (Å²) in [6.07, 6.45) is -3.46.